The third-order valence-corrected chi connectivity index (χ3v) is 3.78. The monoisotopic (exact) mass is 322 g/mol. The van der Waals surface area contributed by atoms with Crippen molar-refractivity contribution in [3.05, 3.63) is 26.9 Å². The van der Waals surface area contributed by atoms with Gasteiger partial charge < -0.3 is 10.0 Å². The maximum absolute atomic E-state index is 13.3. The maximum Gasteiger partial charge on any atom is 0.492 e. The van der Waals surface area contributed by atoms with Gasteiger partial charge in [0, 0.05) is 10.2 Å². The summed E-state index contributed by atoms with van der Waals surface area (Å²) >= 11 is 3.61. The molecule has 0 aliphatic heterocycles. The first-order valence-electron chi connectivity index (χ1n) is 3.83. The summed E-state index contributed by atoms with van der Waals surface area (Å²) in [5, 5.41) is 18.6. The average molecular weight is 322 g/mol. The number of halogens is 2. The van der Waals surface area contributed by atoms with Gasteiger partial charge in [-0.05, 0) is 46.2 Å². The van der Waals surface area contributed by atoms with E-state index in [1.807, 2.05) is 0 Å². The molecule has 2 aromatic rings. The molecular formula is C8H5BFIO2S. The number of hydrogen-bond acceptors (Lipinski definition) is 3. The fraction of sp³-hybridized carbons (Fsp3) is 0. The van der Waals surface area contributed by atoms with E-state index in [9.17, 15) is 4.39 Å². The van der Waals surface area contributed by atoms with E-state index < -0.39 is 12.9 Å². The molecule has 2 N–H and O–H groups in total. The van der Waals surface area contributed by atoms with E-state index in [4.69, 9.17) is 10.0 Å². The van der Waals surface area contributed by atoms with Crippen molar-refractivity contribution in [3.63, 3.8) is 0 Å². The zero-order valence-corrected chi connectivity index (χ0v) is 9.84. The summed E-state index contributed by atoms with van der Waals surface area (Å²) in [5.41, 5.74) is -0.0401. The summed E-state index contributed by atoms with van der Waals surface area (Å²) in [6.07, 6.45) is 0. The Hall–Kier alpha value is -0.175. The largest absolute Gasteiger partial charge is 0.492 e. The maximum atomic E-state index is 13.3. The topological polar surface area (TPSA) is 40.5 Å². The molecule has 72 valence electrons. The highest BCUT2D eigenvalue weighted by Crippen LogP contribution is 2.26. The highest BCUT2D eigenvalue weighted by atomic mass is 127. The minimum atomic E-state index is -1.76. The standard InChI is InChI=1S/C8H5BFIO2S/c10-5-1-2-6-4(3-7(11)14-6)8(5)9(12)13/h1-3,12-13H. The highest BCUT2D eigenvalue weighted by Gasteiger charge is 2.20. The van der Waals surface area contributed by atoms with E-state index in [0.29, 0.717) is 5.39 Å². The molecular weight excluding hydrogens is 317 g/mol. The molecule has 0 saturated carbocycles. The van der Waals surface area contributed by atoms with E-state index in [-0.39, 0.29) is 5.46 Å². The Balaban J connectivity index is 2.82. The Morgan fingerprint density at radius 2 is 2.07 bits per heavy atom. The van der Waals surface area contributed by atoms with Gasteiger partial charge in [-0.2, -0.15) is 0 Å². The summed E-state index contributed by atoms with van der Waals surface area (Å²) in [6, 6.07) is 4.64. The number of benzene rings is 1. The average Bonchev–Trinajstić information content (AvgIpc) is 2.43. The second kappa shape index (κ2) is 3.76. The van der Waals surface area contributed by atoms with Crippen molar-refractivity contribution >= 4 is 56.6 Å². The molecule has 2 rings (SSSR count). The molecule has 0 unspecified atom stereocenters. The van der Waals surface area contributed by atoms with E-state index in [1.165, 1.54) is 17.4 Å². The number of fused-ring (bicyclic) bond motifs is 1. The third-order valence-electron chi connectivity index (χ3n) is 1.92. The van der Waals surface area contributed by atoms with Gasteiger partial charge in [0.2, 0.25) is 0 Å². The summed E-state index contributed by atoms with van der Waals surface area (Å²) in [7, 11) is -1.76. The number of hydrogen-bond donors (Lipinski definition) is 2. The fourth-order valence-corrected chi connectivity index (χ4v) is 3.16. The van der Waals surface area contributed by atoms with Gasteiger partial charge >= 0.3 is 7.12 Å². The molecule has 1 heterocycles. The number of thiophene rings is 1. The van der Waals surface area contributed by atoms with Crippen LogP contribution in [-0.2, 0) is 0 Å². The molecule has 1 aromatic heterocycles. The molecule has 0 aliphatic carbocycles. The van der Waals surface area contributed by atoms with Crippen LogP contribution >= 0.6 is 33.9 Å². The van der Waals surface area contributed by atoms with Crippen molar-refractivity contribution in [2.24, 2.45) is 0 Å². The van der Waals surface area contributed by atoms with Crippen LogP contribution < -0.4 is 5.46 Å². The molecule has 2 nitrogen and oxygen atoms in total. The van der Waals surface area contributed by atoms with Crippen LogP contribution in [-0.4, -0.2) is 17.2 Å². The quantitative estimate of drug-likeness (QED) is 0.614. The molecule has 0 saturated heterocycles. The molecule has 0 radical (unpaired) electrons. The van der Waals surface area contributed by atoms with Crippen molar-refractivity contribution in [1.29, 1.82) is 0 Å². The van der Waals surface area contributed by atoms with Gasteiger partial charge in [-0.25, -0.2) is 4.39 Å². The van der Waals surface area contributed by atoms with Crippen LogP contribution in [0.4, 0.5) is 4.39 Å². The Kier molecular flexibility index (Phi) is 2.78. The van der Waals surface area contributed by atoms with Gasteiger partial charge in [0.25, 0.3) is 0 Å². The van der Waals surface area contributed by atoms with E-state index in [2.05, 4.69) is 22.6 Å². The minimum absolute atomic E-state index is 0.0401. The zero-order valence-electron chi connectivity index (χ0n) is 6.87. The fourth-order valence-electron chi connectivity index (χ4n) is 1.34. The Bertz CT molecular complexity index is 485. The Labute approximate surface area is 97.7 Å². The van der Waals surface area contributed by atoms with Crippen molar-refractivity contribution < 1.29 is 14.4 Å². The van der Waals surface area contributed by atoms with E-state index in [1.54, 1.807) is 12.1 Å². The molecule has 0 atom stereocenters. The first-order chi connectivity index (χ1) is 6.59. The lowest BCUT2D eigenvalue weighted by Gasteiger charge is -2.02. The van der Waals surface area contributed by atoms with Crippen molar-refractivity contribution in [2.75, 3.05) is 0 Å². The summed E-state index contributed by atoms with van der Waals surface area (Å²) < 4.78 is 15.1. The summed E-state index contributed by atoms with van der Waals surface area (Å²) in [4.78, 5) is 0. The van der Waals surface area contributed by atoms with Crippen LogP contribution in [0.5, 0.6) is 0 Å². The van der Waals surface area contributed by atoms with E-state index >= 15 is 0 Å². The van der Waals surface area contributed by atoms with Crippen LogP contribution in [0.2, 0.25) is 0 Å². The van der Waals surface area contributed by atoms with Gasteiger partial charge in [-0.3, -0.25) is 0 Å². The lowest BCUT2D eigenvalue weighted by molar-refractivity contribution is 0.423. The zero-order chi connectivity index (χ0) is 10.3. The second-order valence-electron chi connectivity index (χ2n) is 2.80. The van der Waals surface area contributed by atoms with Gasteiger partial charge in [0.1, 0.15) is 5.82 Å². The van der Waals surface area contributed by atoms with E-state index in [0.717, 1.165) is 7.58 Å². The normalized spacial score (nSPS) is 10.9. The van der Waals surface area contributed by atoms with Crippen LogP contribution in [0, 0.1) is 8.70 Å². The molecule has 0 amide bonds. The Morgan fingerprint density at radius 3 is 2.71 bits per heavy atom. The minimum Gasteiger partial charge on any atom is -0.423 e. The van der Waals surface area contributed by atoms with Crippen LogP contribution in [0.3, 0.4) is 0 Å². The molecule has 6 heteroatoms. The Morgan fingerprint density at radius 1 is 1.36 bits per heavy atom. The molecule has 0 bridgehead atoms. The first-order valence-corrected chi connectivity index (χ1v) is 5.72. The van der Waals surface area contributed by atoms with Crippen molar-refractivity contribution in [3.8, 4) is 0 Å². The van der Waals surface area contributed by atoms with Crippen molar-refractivity contribution in [2.45, 2.75) is 0 Å². The summed E-state index contributed by atoms with van der Waals surface area (Å²) in [5.74, 6) is -0.582. The van der Waals surface area contributed by atoms with Gasteiger partial charge in [-0.15, -0.1) is 11.3 Å². The van der Waals surface area contributed by atoms with Crippen LogP contribution in [0.1, 0.15) is 0 Å². The molecule has 0 aliphatic rings. The third kappa shape index (κ3) is 1.67. The predicted octanol–water partition coefficient (Wildman–Crippen LogP) is 1.32. The molecule has 0 spiro atoms. The lowest BCUT2D eigenvalue weighted by Crippen LogP contribution is -2.33. The number of rotatable bonds is 1. The lowest BCUT2D eigenvalue weighted by atomic mass is 9.78. The van der Waals surface area contributed by atoms with Gasteiger partial charge in [0.05, 0.1) is 2.88 Å². The summed E-state index contributed by atoms with van der Waals surface area (Å²) in [6.45, 7) is 0. The SMILES string of the molecule is OB(O)c1c(F)ccc2sc(I)cc12. The molecule has 1 aromatic carbocycles. The first kappa shape index (κ1) is 10.3. The second-order valence-corrected chi connectivity index (χ2v) is 5.78. The molecule has 0 fully saturated rings. The van der Waals surface area contributed by atoms with Crippen LogP contribution in [0.15, 0.2) is 18.2 Å². The highest BCUT2D eigenvalue weighted by molar-refractivity contribution is 14.1. The van der Waals surface area contributed by atoms with Crippen LogP contribution in [0.25, 0.3) is 10.1 Å². The van der Waals surface area contributed by atoms with Gasteiger partial charge in [-0.1, -0.05) is 0 Å². The smallest absolute Gasteiger partial charge is 0.423 e. The van der Waals surface area contributed by atoms with Crippen molar-refractivity contribution in [1.82, 2.24) is 0 Å². The van der Waals surface area contributed by atoms with Gasteiger partial charge in [0.15, 0.2) is 0 Å². The predicted molar refractivity (Wildman–Crippen MR) is 64.3 cm³/mol. The molecule has 14 heavy (non-hydrogen) atoms.